The molecule has 21 heavy (non-hydrogen) atoms. The molecule has 0 radical (unpaired) electrons. The first-order chi connectivity index (χ1) is 10.1. The lowest BCUT2D eigenvalue weighted by Crippen LogP contribution is -2.19. The van der Waals surface area contributed by atoms with E-state index in [0.717, 1.165) is 5.56 Å². The molecule has 0 saturated heterocycles. The molecule has 0 spiro atoms. The number of hydrogen-bond donors (Lipinski definition) is 1. The molecule has 0 fully saturated rings. The molecule has 2 rings (SSSR count). The lowest BCUT2D eigenvalue weighted by molar-refractivity contribution is 0.0963. The number of amides is 1. The van der Waals surface area contributed by atoms with Gasteiger partial charge in [0.2, 0.25) is 0 Å². The zero-order valence-corrected chi connectivity index (χ0v) is 12.3. The third-order valence-electron chi connectivity index (χ3n) is 3.29. The van der Waals surface area contributed by atoms with Crippen molar-refractivity contribution in [2.75, 3.05) is 14.1 Å². The van der Waals surface area contributed by atoms with Gasteiger partial charge in [-0.3, -0.25) is 9.69 Å². The molecular weight excluding hydrogens is 267 g/mol. The topological polar surface area (TPSA) is 32.3 Å². The largest absolute Gasteiger partial charge is 0.355 e. The number of carbonyl (C=O) groups is 1. The van der Waals surface area contributed by atoms with Crippen molar-refractivity contribution in [3.05, 3.63) is 71.0 Å². The molecule has 0 unspecified atom stereocenters. The van der Waals surface area contributed by atoms with Gasteiger partial charge in [0.1, 0.15) is 5.82 Å². The van der Waals surface area contributed by atoms with Crippen LogP contribution < -0.4 is 5.32 Å². The molecule has 3 nitrogen and oxygen atoms in total. The monoisotopic (exact) mass is 286 g/mol. The molecule has 4 heteroatoms. The van der Waals surface area contributed by atoms with E-state index in [2.05, 4.69) is 5.32 Å². The molecule has 0 heterocycles. The average Bonchev–Trinajstić information content (AvgIpc) is 2.49. The molecule has 0 atom stereocenters. The van der Waals surface area contributed by atoms with Gasteiger partial charge in [-0.25, -0.2) is 4.39 Å². The summed E-state index contributed by atoms with van der Waals surface area (Å²) in [7, 11) is 3.55. The van der Waals surface area contributed by atoms with E-state index in [9.17, 15) is 9.18 Å². The zero-order valence-electron chi connectivity index (χ0n) is 12.3. The maximum atomic E-state index is 13.6. The summed E-state index contributed by atoms with van der Waals surface area (Å²) >= 11 is 0. The minimum absolute atomic E-state index is 0.0961. The van der Waals surface area contributed by atoms with Gasteiger partial charge in [0, 0.05) is 31.3 Å². The molecule has 0 aliphatic rings. The molecule has 0 saturated carbocycles. The number of hydrogen-bond acceptors (Lipinski definition) is 2. The highest BCUT2D eigenvalue weighted by atomic mass is 19.1. The summed E-state index contributed by atoms with van der Waals surface area (Å²) in [6.07, 6.45) is 0. The van der Waals surface area contributed by atoms with E-state index in [1.165, 1.54) is 6.07 Å². The Bertz CT molecular complexity index is 610. The minimum Gasteiger partial charge on any atom is -0.355 e. The third kappa shape index (κ3) is 4.13. The van der Waals surface area contributed by atoms with Gasteiger partial charge in [0.25, 0.3) is 5.91 Å². The van der Waals surface area contributed by atoms with Crippen molar-refractivity contribution in [2.45, 2.75) is 13.1 Å². The van der Waals surface area contributed by atoms with E-state index < -0.39 is 0 Å². The van der Waals surface area contributed by atoms with Crippen molar-refractivity contribution < 1.29 is 9.18 Å². The molecule has 1 N–H and O–H groups in total. The Balaban J connectivity index is 1.98. The number of rotatable bonds is 5. The molecule has 110 valence electrons. The van der Waals surface area contributed by atoms with Crippen LogP contribution in [0.4, 0.5) is 4.39 Å². The fourth-order valence-electron chi connectivity index (χ4n) is 2.19. The fourth-order valence-corrected chi connectivity index (χ4v) is 2.19. The van der Waals surface area contributed by atoms with Gasteiger partial charge in [-0.15, -0.1) is 0 Å². The fraction of sp³-hybridized carbons (Fsp3) is 0.235. The van der Waals surface area contributed by atoms with Crippen LogP contribution in [0.3, 0.4) is 0 Å². The number of benzene rings is 2. The van der Waals surface area contributed by atoms with Crippen molar-refractivity contribution in [1.29, 1.82) is 0 Å². The Kier molecular flexibility index (Phi) is 5.06. The van der Waals surface area contributed by atoms with Gasteiger partial charge in [-0.05, 0) is 30.8 Å². The van der Waals surface area contributed by atoms with Crippen LogP contribution >= 0.6 is 0 Å². The van der Waals surface area contributed by atoms with Crippen LogP contribution in [0, 0.1) is 5.82 Å². The summed E-state index contributed by atoms with van der Waals surface area (Å²) in [5, 5.41) is 2.59. The Morgan fingerprint density at radius 1 is 1.10 bits per heavy atom. The average molecular weight is 286 g/mol. The smallest absolute Gasteiger partial charge is 0.251 e. The standard InChI is InChI=1S/C17H19FN2O/c1-19-17(21)14-9-7-13(8-10-14)11-20(2)12-15-5-3-4-6-16(15)18/h3-10H,11-12H2,1-2H3,(H,19,21). The first kappa shape index (κ1) is 15.2. The van der Waals surface area contributed by atoms with E-state index in [1.807, 2.05) is 30.1 Å². The SMILES string of the molecule is CNC(=O)c1ccc(CN(C)Cc2ccccc2F)cc1. The third-order valence-corrected chi connectivity index (χ3v) is 3.29. The minimum atomic E-state index is -0.181. The van der Waals surface area contributed by atoms with Crippen molar-refractivity contribution in [3.8, 4) is 0 Å². The summed E-state index contributed by atoms with van der Waals surface area (Å²) in [5.41, 5.74) is 2.40. The zero-order chi connectivity index (χ0) is 15.2. The van der Waals surface area contributed by atoms with Gasteiger partial charge in [-0.1, -0.05) is 30.3 Å². The highest BCUT2D eigenvalue weighted by molar-refractivity contribution is 5.93. The summed E-state index contributed by atoms with van der Waals surface area (Å²) in [5.74, 6) is -0.277. The number of nitrogens with one attached hydrogen (secondary N) is 1. The normalized spacial score (nSPS) is 10.7. The van der Waals surface area contributed by atoms with Crippen LogP contribution in [0.15, 0.2) is 48.5 Å². The second-order valence-electron chi connectivity index (χ2n) is 5.04. The molecule has 1 amide bonds. The molecule has 0 aliphatic carbocycles. The quantitative estimate of drug-likeness (QED) is 0.916. The molecule has 0 aliphatic heterocycles. The summed E-state index contributed by atoms with van der Waals surface area (Å²) in [4.78, 5) is 13.5. The van der Waals surface area contributed by atoms with Gasteiger partial charge in [0.05, 0.1) is 0 Å². The van der Waals surface area contributed by atoms with Crippen LogP contribution in [0.25, 0.3) is 0 Å². The van der Waals surface area contributed by atoms with Gasteiger partial charge >= 0.3 is 0 Å². The summed E-state index contributed by atoms with van der Waals surface area (Å²) < 4.78 is 13.6. The predicted octanol–water partition coefficient (Wildman–Crippen LogP) is 2.82. The first-order valence-electron chi connectivity index (χ1n) is 6.83. The van der Waals surface area contributed by atoms with Gasteiger partial charge in [-0.2, -0.15) is 0 Å². The number of halogens is 1. The van der Waals surface area contributed by atoms with Crippen molar-refractivity contribution >= 4 is 5.91 Å². The van der Waals surface area contributed by atoms with Crippen LogP contribution in [-0.2, 0) is 13.1 Å². The summed E-state index contributed by atoms with van der Waals surface area (Å²) in [6.45, 7) is 1.24. The van der Waals surface area contributed by atoms with Crippen LogP contribution in [0.5, 0.6) is 0 Å². The number of nitrogens with zero attached hydrogens (tertiary/aromatic N) is 1. The van der Waals surface area contributed by atoms with E-state index in [1.54, 1.807) is 31.3 Å². The maximum Gasteiger partial charge on any atom is 0.251 e. The van der Waals surface area contributed by atoms with Gasteiger partial charge in [0.15, 0.2) is 0 Å². The van der Waals surface area contributed by atoms with Crippen molar-refractivity contribution in [3.63, 3.8) is 0 Å². The van der Waals surface area contributed by atoms with Crippen LogP contribution in [-0.4, -0.2) is 24.9 Å². The van der Waals surface area contributed by atoms with Crippen molar-refractivity contribution in [2.24, 2.45) is 0 Å². The van der Waals surface area contributed by atoms with E-state index in [-0.39, 0.29) is 11.7 Å². The summed E-state index contributed by atoms with van der Waals surface area (Å²) in [6, 6.07) is 14.2. The molecule has 2 aromatic rings. The molecule has 2 aromatic carbocycles. The first-order valence-corrected chi connectivity index (χ1v) is 6.83. The highest BCUT2D eigenvalue weighted by Crippen LogP contribution is 2.12. The maximum absolute atomic E-state index is 13.6. The Labute approximate surface area is 124 Å². The van der Waals surface area contributed by atoms with Crippen LogP contribution in [0.2, 0.25) is 0 Å². The van der Waals surface area contributed by atoms with E-state index in [0.29, 0.717) is 24.2 Å². The Hall–Kier alpha value is -2.20. The van der Waals surface area contributed by atoms with Crippen LogP contribution in [0.1, 0.15) is 21.5 Å². The van der Waals surface area contributed by atoms with Gasteiger partial charge < -0.3 is 5.32 Å². The molecule has 0 aromatic heterocycles. The second kappa shape index (κ2) is 6.99. The molecule has 0 bridgehead atoms. The highest BCUT2D eigenvalue weighted by Gasteiger charge is 2.07. The van der Waals surface area contributed by atoms with E-state index >= 15 is 0 Å². The molecular formula is C17H19FN2O. The lowest BCUT2D eigenvalue weighted by atomic mass is 10.1. The Morgan fingerprint density at radius 2 is 1.76 bits per heavy atom. The number of carbonyl (C=O) groups excluding carboxylic acids is 1. The van der Waals surface area contributed by atoms with Crippen molar-refractivity contribution in [1.82, 2.24) is 10.2 Å². The van der Waals surface area contributed by atoms with E-state index in [4.69, 9.17) is 0 Å². The Morgan fingerprint density at radius 3 is 2.38 bits per heavy atom. The predicted molar refractivity (Wildman–Crippen MR) is 81.4 cm³/mol. The second-order valence-corrected chi connectivity index (χ2v) is 5.04. The lowest BCUT2D eigenvalue weighted by Gasteiger charge is -2.17.